The number of benzene rings is 2. The lowest BCUT2D eigenvalue weighted by atomic mass is 10.1. The van der Waals surface area contributed by atoms with E-state index in [-0.39, 0.29) is 10.8 Å². The molecule has 2 aliphatic rings. The summed E-state index contributed by atoms with van der Waals surface area (Å²) in [6.45, 7) is 4.50. The van der Waals surface area contributed by atoms with Crippen molar-refractivity contribution in [2.75, 3.05) is 22.3 Å². The van der Waals surface area contributed by atoms with Gasteiger partial charge in [-0.2, -0.15) is 0 Å². The first-order valence-corrected chi connectivity index (χ1v) is 11.1. The van der Waals surface area contributed by atoms with Gasteiger partial charge in [0, 0.05) is 31.1 Å². The fourth-order valence-corrected chi connectivity index (χ4v) is 5.77. The smallest absolute Gasteiger partial charge is 0.265 e. The second kappa shape index (κ2) is 6.29. The van der Waals surface area contributed by atoms with Crippen molar-refractivity contribution in [1.29, 1.82) is 0 Å². The number of rotatable bonds is 2. The molecule has 6 nitrogen and oxygen atoms in total. The zero-order valence-electron chi connectivity index (χ0n) is 16.3. The molecule has 5 rings (SSSR count). The number of sulfonamides is 1. The van der Waals surface area contributed by atoms with Crippen molar-refractivity contribution in [3.8, 4) is 0 Å². The van der Waals surface area contributed by atoms with Crippen molar-refractivity contribution in [3.05, 3.63) is 59.2 Å². The molecule has 29 heavy (non-hydrogen) atoms. The normalized spacial score (nSPS) is 15.7. The quantitative estimate of drug-likeness (QED) is 0.654. The van der Waals surface area contributed by atoms with Gasteiger partial charge in [-0.3, -0.25) is 4.79 Å². The summed E-state index contributed by atoms with van der Waals surface area (Å²) in [5.41, 5.74) is 4.54. The summed E-state index contributed by atoms with van der Waals surface area (Å²) in [5.74, 6) is 0.494. The highest BCUT2D eigenvalue weighted by Crippen LogP contribution is 2.36. The maximum absolute atomic E-state index is 13.4. The van der Waals surface area contributed by atoms with Crippen LogP contribution in [0.4, 0.5) is 11.5 Å². The molecule has 0 spiro atoms. The number of aromatic nitrogens is 1. The Morgan fingerprint density at radius 3 is 2.59 bits per heavy atom. The summed E-state index contributed by atoms with van der Waals surface area (Å²) in [7, 11) is -3.72. The molecule has 1 amide bonds. The van der Waals surface area contributed by atoms with E-state index in [2.05, 4.69) is 0 Å². The van der Waals surface area contributed by atoms with Crippen molar-refractivity contribution in [2.24, 2.45) is 0 Å². The Kier molecular flexibility index (Phi) is 3.93. The summed E-state index contributed by atoms with van der Waals surface area (Å²) in [4.78, 5) is 18.4. The van der Waals surface area contributed by atoms with Crippen LogP contribution < -0.4 is 9.21 Å². The minimum atomic E-state index is -3.72. The van der Waals surface area contributed by atoms with E-state index in [1.807, 2.05) is 31.2 Å². The minimum Gasteiger partial charge on any atom is -0.312 e. The number of pyridine rings is 1. The summed E-state index contributed by atoms with van der Waals surface area (Å²) in [5, 5.41) is 1.02. The third-order valence-electron chi connectivity index (χ3n) is 5.76. The van der Waals surface area contributed by atoms with Gasteiger partial charge in [0.15, 0.2) is 0 Å². The van der Waals surface area contributed by atoms with Crippen LogP contribution in [0.25, 0.3) is 10.9 Å². The molecule has 0 fully saturated rings. The summed E-state index contributed by atoms with van der Waals surface area (Å²) in [6, 6.07) is 13.1. The highest BCUT2D eigenvalue weighted by atomic mass is 32.2. The SMILES string of the molecule is CC(=O)N1CCc2cc(S(=O)(=O)N3CCc4cc5ccc(C)cc5nc43)ccc21. The number of anilines is 2. The average Bonchev–Trinajstić information content (AvgIpc) is 3.29. The van der Waals surface area contributed by atoms with Crippen molar-refractivity contribution in [1.82, 2.24) is 4.98 Å². The molecule has 3 heterocycles. The van der Waals surface area contributed by atoms with Crippen LogP contribution in [0.1, 0.15) is 23.6 Å². The van der Waals surface area contributed by atoms with Crippen molar-refractivity contribution >= 4 is 38.3 Å². The van der Waals surface area contributed by atoms with Gasteiger partial charge in [0.25, 0.3) is 10.0 Å². The van der Waals surface area contributed by atoms with E-state index >= 15 is 0 Å². The van der Waals surface area contributed by atoms with Gasteiger partial charge >= 0.3 is 0 Å². The van der Waals surface area contributed by atoms with Gasteiger partial charge in [-0.05, 0) is 66.8 Å². The number of amides is 1. The molecule has 1 aromatic heterocycles. The average molecular weight is 407 g/mol. The molecule has 2 aromatic carbocycles. The molecule has 0 aliphatic carbocycles. The van der Waals surface area contributed by atoms with Gasteiger partial charge in [0.2, 0.25) is 5.91 Å². The Bertz CT molecular complexity index is 1280. The predicted octanol–water partition coefficient (Wildman–Crippen LogP) is 3.20. The number of fused-ring (bicyclic) bond motifs is 3. The maximum Gasteiger partial charge on any atom is 0.265 e. The number of hydrogen-bond donors (Lipinski definition) is 0. The van der Waals surface area contributed by atoms with Crippen molar-refractivity contribution in [3.63, 3.8) is 0 Å². The first kappa shape index (κ1) is 18.1. The summed E-state index contributed by atoms with van der Waals surface area (Å²) < 4.78 is 28.3. The van der Waals surface area contributed by atoms with Crippen LogP contribution in [0.3, 0.4) is 0 Å². The number of nitrogens with zero attached hydrogens (tertiary/aromatic N) is 3. The van der Waals surface area contributed by atoms with Gasteiger partial charge in [0.05, 0.1) is 10.4 Å². The van der Waals surface area contributed by atoms with Gasteiger partial charge < -0.3 is 4.90 Å². The molecule has 148 valence electrons. The Morgan fingerprint density at radius 2 is 1.79 bits per heavy atom. The van der Waals surface area contributed by atoms with E-state index in [9.17, 15) is 13.2 Å². The zero-order chi connectivity index (χ0) is 20.3. The Balaban J connectivity index is 1.57. The number of hydrogen-bond acceptors (Lipinski definition) is 4. The van der Waals surface area contributed by atoms with E-state index in [4.69, 9.17) is 4.98 Å². The first-order valence-electron chi connectivity index (χ1n) is 9.69. The highest BCUT2D eigenvalue weighted by Gasteiger charge is 2.34. The molecule has 0 saturated carbocycles. The highest BCUT2D eigenvalue weighted by molar-refractivity contribution is 7.92. The molecule has 2 aliphatic heterocycles. The standard InChI is InChI=1S/C22H21N3O3S/c1-14-3-4-16-12-18-8-10-25(22(18)23-20(16)11-14)29(27,28)19-5-6-21-17(13-19)7-9-24(21)15(2)26/h3-6,11-13H,7-10H2,1-2H3. The Morgan fingerprint density at radius 1 is 1.00 bits per heavy atom. The zero-order valence-corrected chi connectivity index (χ0v) is 17.2. The van der Waals surface area contributed by atoms with Crippen LogP contribution in [0.15, 0.2) is 47.4 Å². The van der Waals surface area contributed by atoms with Gasteiger partial charge in [-0.15, -0.1) is 0 Å². The molecule has 0 saturated heterocycles. The molecule has 0 bridgehead atoms. The summed E-state index contributed by atoms with van der Waals surface area (Å²) in [6.07, 6.45) is 1.31. The number of carbonyl (C=O) groups excluding carboxylic acids is 1. The predicted molar refractivity (Wildman–Crippen MR) is 113 cm³/mol. The largest absolute Gasteiger partial charge is 0.312 e. The fraction of sp³-hybridized carbons (Fsp3) is 0.273. The molecular weight excluding hydrogens is 386 g/mol. The molecule has 7 heteroatoms. The Labute approximate surface area is 169 Å². The second-order valence-corrected chi connectivity index (χ2v) is 9.57. The van der Waals surface area contributed by atoms with Crippen molar-refractivity contribution in [2.45, 2.75) is 31.6 Å². The lowest BCUT2D eigenvalue weighted by Crippen LogP contribution is -2.30. The van der Waals surface area contributed by atoms with Crippen LogP contribution in [-0.4, -0.2) is 32.4 Å². The van der Waals surface area contributed by atoms with Crippen LogP contribution in [0, 0.1) is 6.92 Å². The van der Waals surface area contributed by atoms with Crippen LogP contribution in [0.2, 0.25) is 0 Å². The van der Waals surface area contributed by atoms with Gasteiger partial charge in [-0.25, -0.2) is 17.7 Å². The third kappa shape index (κ3) is 2.80. The van der Waals surface area contributed by atoms with E-state index in [0.29, 0.717) is 31.7 Å². The molecule has 0 atom stereocenters. The Hall–Kier alpha value is -2.93. The number of aryl methyl sites for hydroxylation is 1. The molecule has 0 unspecified atom stereocenters. The van der Waals surface area contributed by atoms with Gasteiger partial charge in [0.1, 0.15) is 5.82 Å². The number of carbonyl (C=O) groups is 1. The van der Waals surface area contributed by atoms with Crippen LogP contribution in [0.5, 0.6) is 0 Å². The molecule has 3 aromatic rings. The van der Waals surface area contributed by atoms with E-state index in [1.54, 1.807) is 23.1 Å². The second-order valence-electron chi connectivity index (χ2n) is 7.71. The summed E-state index contributed by atoms with van der Waals surface area (Å²) >= 11 is 0. The minimum absolute atomic E-state index is 0.0285. The van der Waals surface area contributed by atoms with Crippen LogP contribution in [-0.2, 0) is 27.7 Å². The topological polar surface area (TPSA) is 70.6 Å². The first-order chi connectivity index (χ1) is 13.8. The monoisotopic (exact) mass is 407 g/mol. The third-order valence-corrected chi connectivity index (χ3v) is 7.55. The van der Waals surface area contributed by atoms with Crippen LogP contribution >= 0.6 is 0 Å². The van der Waals surface area contributed by atoms with Gasteiger partial charge in [-0.1, -0.05) is 12.1 Å². The fourth-order valence-electron chi connectivity index (χ4n) is 4.27. The van der Waals surface area contributed by atoms with E-state index in [1.165, 1.54) is 11.2 Å². The molecule has 0 N–H and O–H groups in total. The maximum atomic E-state index is 13.4. The molecule has 0 radical (unpaired) electrons. The van der Waals surface area contributed by atoms with Crippen molar-refractivity contribution < 1.29 is 13.2 Å². The van der Waals surface area contributed by atoms with E-state index in [0.717, 1.165) is 33.3 Å². The lowest BCUT2D eigenvalue weighted by Gasteiger charge is -2.20. The van der Waals surface area contributed by atoms with E-state index < -0.39 is 10.0 Å². The molecular formula is C22H21N3O3S. The lowest BCUT2D eigenvalue weighted by molar-refractivity contribution is -0.116.